The highest BCUT2D eigenvalue weighted by Crippen LogP contribution is 2.33. The van der Waals surface area contributed by atoms with Gasteiger partial charge in [0.2, 0.25) is 0 Å². The first-order valence-corrected chi connectivity index (χ1v) is 10.1. The van der Waals surface area contributed by atoms with Crippen LogP contribution in [0.1, 0.15) is 31.9 Å². The van der Waals surface area contributed by atoms with Gasteiger partial charge in [0.05, 0.1) is 16.1 Å². The van der Waals surface area contributed by atoms with Crippen LogP contribution in [0, 0.1) is 0 Å². The monoisotopic (exact) mass is 408 g/mol. The minimum atomic E-state index is 0.141. The third kappa shape index (κ3) is 3.67. The average molecular weight is 409 g/mol. The van der Waals surface area contributed by atoms with Crippen LogP contribution in [0.2, 0.25) is 10.0 Å². The van der Waals surface area contributed by atoms with Crippen molar-refractivity contribution in [3.63, 3.8) is 0 Å². The molecular weight excluding hydrogens is 387 g/mol. The van der Waals surface area contributed by atoms with E-state index in [-0.39, 0.29) is 5.41 Å². The summed E-state index contributed by atoms with van der Waals surface area (Å²) >= 11 is 12.6. The molecule has 1 heterocycles. The zero-order valence-electron chi connectivity index (χ0n) is 16.2. The number of hydrogen-bond donors (Lipinski definition) is 0. The summed E-state index contributed by atoms with van der Waals surface area (Å²) in [4.78, 5) is 4.86. The number of para-hydroxylation sites is 2. The second-order valence-electron chi connectivity index (χ2n) is 8.08. The molecule has 0 fully saturated rings. The van der Waals surface area contributed by atoms with E-state index in [1.54, 1.807) is 6.07 Å². The van der Waals surface area contributed by atoms with Crippen LogP contribution in [0.3, 0.4) is 0 Å². The lowest BCUT2D eigenvalue weighted by atomic mass is 9.87. The van der Waals surface area contributed by atoms with Gasteiger partial charge in [-0.05, 0) is 46.9 Å². The number of hydrogen-bond acceptors (Lipinski definition) is 1. The van der Waals surface area contributed by atoms with E-state index in [9.17, 15) is 0 Å². The molecule has 0 aliphatic heterocycles. The Morgan fingerprint density at radius 2 is 1.61 bits per heavy atom. The Kier molecular flexibility index (Phi) is 4.95. The Labute approximate surface area is 175 Å². The highest BCUT2D eigenvalue weighted by atomic mass is 35.5. The molecule has 0 aliphatic rings. The molecule has 0 radical (unpaired) electrons. The van der Waals surface area contributed by atoms with Crippen LogP contribution in [-0.2, 0) is 12.0 Å². The van der Waals surface area contributed by atoms with Crippen molar-refractivity contribution in [3.05, 3.63) is 87.9 Å². The summed E-state index contributed by atoms with van der Waals surface area (Å²) in [6, 6.07) is 22.5. The van der Waals surface area contributed by atoms with Crippen molar-refractivity contribution in [1.82, 2.24) is 9.55 Å². The second-order valence-corrected chi connectivity index (χ2v) is 8.92. The number of aromatic nitrogens is 2. The topological polar surface area (TPSA) is 17.8 Å². The summed E-state index contributed by atoms with van der Waals surface area (Å²) < 4.78 is 2.22. The lowest BCUT2D eigenvalue weighted by Gasteiger charge is -2.19. The van der Waals surface area contributed by atoms with E-state index in [2.05, 4.69) is 55.7 Å². The van der Waals surface area contributed by atoms with Gasteiger partial charge in [-0.1, -0.05) is 80.4 Å². The Morgan fingerprint density at radius 3 is 2.29 bits per heavy atom. The van der Waals surface area contributed by atoms with Crippen LogP contribution in [0.5, 0.6) is 0 Å². The highest BCUT2D eigenvalue weighted by molar-refractivity contribution is 6.36. The molecule has 4 rings (SSSR count). The third-order valence-corrected chi connectivity index (χ3v) is 5.54. The number of nitrogens with zero attached hydrogens (tertiary/aromatic N) is 2. The van der Waals surface area contributed by atoms with E-state index in [4.69, 9.17) is 28.2 Å². The van der Waals surface area contributed by atoms with Gasteiger partial charge < -0.3 is 4.57 Å². The van der Waals surface area contributed by atoms with Crippen molar-refractivity contribution >= 4 is 34.2 Å². The Bertz CT molecular complexity index is 1140. The Hall–Kier alpha value is -2.29. The molecule has 0 unspecified atom stereocenters. The van der Waals surface area contributed by atoms with Gasteiger partial charge in [-0.15, -0.1) is 0 Å². The molecule has 0 amide bonds. The largest absolute Gasteiger partial charge is 0.319 e. The second kappa shape index (κ2) is 7.27. The average Bonchev–Trinajstić information content (AvgIpc) is 3.00. The fourth-order valence-corrected chi connectivity index (χ4v) is 3.90. The zero-order valence-corrected chi connectivity index (χ0v) is 17.7. The molecular formula is C24H22Cl2N2. The lowest BCUT2D eigenvalue weighted by Crippen LogP contribution is -2.11. The van der Waals surface area contributed by atoms with Gasteiger partial charge in [-0.2, -0.15) is 0 Å². The van der Waals surface area contributed by atoms with Gasteiger partial charge >= 0.3 is 0 Å². The molecule has 0 saturated carbocycles. The van der Waals surface area contributed by atoms with E-state index in [0.29, 0.717) is 10.0 Å². The minimum Gasteiger partial charge on any atom is -0.319 e. The first-order chi connectivity index (χ1) is 13.3. The number of rotatable bonds is 3. The number of halogens is 2. The molecule has 0 aliphatic carbocycles. The van der Waals surface area contributed by atoms with Crippen molar-refractivity contribution < 1.29 is 0 Å². The summed E-state index contributed by atoms with van der Waals surface area (Å²) in [5.41, 5.74) is 5.62. The molecule has 3 aromatic carbocycles. The summed E-state index contributed by atoms with van der Waals surface area (Å²) in [5.74, 6) is 0.850. The predicted molar refractivity (Wildman–Crippen MR) is 119 cm³/mol. The van der Waals surface area contributed by atoms with E-state index in [1.807, 2.05) is 30.3 Å². The van der Waals surface area contributed by atoms with Crippen LogP contribution in [0.15, 0.2) is 66.7 Å². The fraction of sp³-hybridized carbons (Fsp3) is 0.208. The molecule has 0 spiro atoms. The smallest absolute Gasteiger partial charge is 0.142 e. The lowest BCUT2D eigenvalue weighted by molar-refractivity contribution is 0.590. The maximum atomic E-state index is 6.50. The molecule has 28 heavy (non-hydrogen) atoms. The standard InChI is InChI=1S/C24H22Cl2N2/c1-24(2,3)17-10-8-16(9-11-17)15-28-22-7-5-4-6-21(22)27-23(28)19-13-12-18(25)14-20(19)26/h4-14H,15H2,1-3H3. The van der Waals surface area contributed by atoms with Crippen LogP contribution < -0.4 is 0 Å². The Morgan fingerprint density at radius 1 is 0.893 bits per heavy atom. The van der Waals surface area contributed by atoms with Gasteiger partial charge in [-0.3, -0.25) is 0 Å². The molecule has 1 aromatic heterocycles. The maximum Gasteiger partial charge on any atom is 0.142 e. The third-order valence-electron chi connectivity index (χ3n) is 4.99. The normalized spacial score (nSPS) is 11.9. The fourth-order valence-electron chi connectivity index (χ4n) is 3.40. The number of benzene rings is 3. The van der Waals surface area contributed by atoms with E-state index < -0.39 is 0 Å². The zero-order chi connectivity index (χ0) is 19.9. The summed E-state index contributed by atoms with van der Waals surface area (Å²) in [6.45, 7) is 7.41. The van der Waals surface area contributed by atoms with Gasteiger partial charge in [0.1, 0.15) is 5.82 Å². The molecule has 0 bridgehead atoms. The first-order valence-electron chi connectivity index (χ1n) is 9.33. The van der Waals surface area contributed by atoms with Crippen molar-refractivity contribution in [1.29, 1.82) is 0 Å². The molecule has 4 heteroatoms. The van der Waals surface area contributed by atoms with Crippen LogP contribution in [-0.4, -0.2) is 9.55 Å². The summed E-state index contributed by atoms with van der Waals surface area (Å²) in [5, 5.41) is 1.22. The van der Waals surface area contributed by atoms with Crippen molar-refractivity contribution in [3.8, 4) is 11.4 Å². The Balaban J connectivity index is 1.81. The number of fused-ring (bicyclic) bond motifs is 1. The first kappa shape index (κ1) is 19.0. The van der Waals surface area contributed by atoms with Crippen molar-refractivity contribution in [2.45, 2.75) is 32.7 Å². The minimum absolute atomic E-state index is 0.141. The summed E-state index contributed by atoms with van der Waals surface area (Å²) in [6.07, 6.45) is 0. The van der Waals surface area contributed by atoms with Crippen molar-refractivity contribution in [2.24, 2.45) is 0 Å². The van der Waals surface area contributed by atoms with Gasteiger partial charge in [0, 0.05) is 17.1 Å². The van der Waals surface area contributed by atoms with Crippen LogP contribution >= 0.6 is 23.2 Å². The SMILES string of the molecule is CC(C)(C)c1ccc(Cn2c(-c3ccc(Cl)cc3Cl)nc3ccccc32)cc1. The maximum absolute atomic E-state index is 6.50. The molecule has 0 N–H and O–H groups in total. The molecule has 0 atom stereocenters. The quantitative estimate of drug-likeness (QED) is 0.346. The molecule has 4 aromatic rings. The molecule has 2 nitrogen and oxygen atoms in total. The van der Waals surface area contributed by atoms with Gasteiger partial charge in [0.15, 0.2) is 0 Å². The highest BCUT2D eigenvalue weighted by Gasteiger charge is 2.17. The number of imidazole rings is 1. The van der Waals surface area contributed by atoms with Crippen molar-refractivity contribution in [2.75, 3.05) is 0 Å². The predicted octanol–water partition coefficient (Wildman–Crippen LogP) is 7.36. The molecule has 0 saturated heterocycles. The van der Waals surface area contributed by atoms with E-state index >= 15 is 0 Å². The van der Waals surface area contributed by atoms with E-state index in [1.165, 1.54) is 11.1 Å². The van der Waals surface area contributed by atoms with Gasteiger partial charge in [-0.25, -0.2) is 4.98 Å². The van der Waals surface area contributed by atoms with Crippen LogP contribution in [0.4, 0.5) is 0 Å². The summed E-state index contributed by atoms with van der Waals surface area (Å²) in [7, 11) is 0. The van der Waals surface area contributed by atoms with E-state index in [0.717, 1.165) is 29.0 Å². The molecule has 142 valence electrons. The van der Waals surface area contributed by atoms with Crippen LogP contribution in [0.25, 0.3) is 22.4 Å². The van der Waals surface area contributed by atoms with Gasteiger partial charge in [0.25, 0.3) is 0 Å².